The Kier molecular flexibility index (Phi) is 6.69. The third-order valence-electron chi connectivity index (χ3n) is 3.36. The molecule has 0 radical (unpaired) electrons. The quantitative estimate of drug-likeness (QED) is 0.839. The molecule has 1 rings (SSSR count). The van der Waals surface area contributed by atoms with Gasteiger partial charge in [0.2, 0.25) is 5.91 Å². The molecule has 0 aromatic carbocycles. The fourth-order valence-corrected chi connectivity index (χ4v) is 2.90. The van der Waals surface area contributed by atoms with E-state index in [0.29, 0.717) is 17.0 Å². The van der Waals surface area contributed by atoms with Gasteiger partial charge in [0.15, 0.2) is 0 Å². The first-order valence-electron chi connectivity index (χ1n) is 6.98. The van der Waals surface area contributed by atoms with Gasteiger partial charge in [0.05, 0.1) is 5.56 Å². The number of nitrogens with one attached hydrogen (secondary N) is 1. The summed E-state index contributed by atoms with van der Waals surface area (Å²) in [7, 11) is 2.03. The predicted octanol–water partition coefficient (Wildman–Crippen LogP) is 3.30. The monoisotopic (exact) mass is 293 g/mol. The second-order valence-electron chi connectivity index (χ2n) is 5.05. The van der Waals surface area contributed by atoms with E-state index >= 15 is 0 Å². The summed E-state index contributed by atoms with van der Waals surface area (Å²) < 4.78 is 0. The summed E-state index contributed by atoms with van der Waals surface area (Å²) in [6.45, 7) is 7.81. The van der Waals surface area contributed by atoms with Crippen LogP contribution in [0.5, 0.6) is 0 Å². The van der Waals surface area contributed by atoms with Crippen molar-refractivity contribution in [2.75, 3.05) is 25.5 Å². The van der Waals surface area contributed by atoms with Gasteiger partial charge in [0, 0.05) is 17.8 Å². The highest BCUT2D eigenvalue weighted by Gasteiger charge is 2.14. The fourth-order valence-electron chi connectivity index (χ4n) is 1.87. The summed E-state index contributed by atoms with van der Waals surface area (Å²) in [6.07, 6.45) is 2.77. The zero-order valence-electron chi connectivity index (χ0n) is 12.7. The van der Waals surface area contributed by atoms with Crippen LogP contribution >= 0.6 is 11.3 Å². The molecule has 0 aliphatic heterocycles. The zero-order chi connectivity index (χ0) is 15.1. The lowest BCUT2D eigenvalue weighted by Gasteiger charge is -2.15. The molecule has 1 amide bonds. The maximum absolute atomic E-state index is 11.9. The topological polar surface area (TPSA) is 56.1 Å². The number of nitrogens with zero attached hydrogens (tertiary/aromatic N) is 2. The number of rotatable bonds is 7. The van der Waals surface area contributed by atoms with E-state index in [4.69, 9.17) is 5.26 Å². The van der Waals surface area contributed by atoms with E-state index in [2.05, 4.69) is 23.2 Å². The summed E-state index contributed by atoms with van der Waals surface area (Å²) >= 11 is 1.47. The maximum Gasteiger partial charge on any atom is 0.226 e. The van der Waals surface area contributed by atoms with Crippen molar-refractivity contribution < 1.29 is 4.79 Å². The van der Waals surface area contributed by atoms with Crippen molar-refractivity contribution >= 4 is 22.2 Å². The summed E-state index contributed by atoms with van der Waals surface area (Å²) in [5, 5.41) is 12.7. The molecule has 1 heterocycles. The smallest absolute Gasteiger partial charge is 0.226 e. The predicted molar refractivity (Wildman–Crippen MR) is 84.2 cm³/mol. The van der Waals surface area contributed by atoms with E-state index in [0.717, 1.165) is 36.4 Å². The molecule has 1 aromatic heterocycles. The van der Waals surface area contributed by atoms with Crippen LogP contribution in [0.3, 0.4) is 0 Å². The number of aryl methyl sites for hydroxylation is 1. The Morgan fingerprint density at radius 3 is 2.70 bits per heavy atom. The van der Waals surface area contributed by atoms with Gasteiger partial charge in [-0.1, -0.05) is 13.3 Å². The molecular formula is C15H23N3OS. The molecule has 4 nitrogen and oxygen atoms in total. The van der Waals surface area contributed by atoms with Crippen LogP contribution < -0.4 is 5.32 Å². The Bertz CT molecular complexity index is 502. The SMILES string of the molecule is CCCCN(C)CCC(=O)Nc1sc(C)c(C)c1C#N. The lowest BCUT2D eigenvalue weighted by atomic mass is 10.2. The van der Waals surface area contributed by atoms with Crippen LogP contribution in [0, 0.1) is 25.2 Å². The number of nitriles is 1. The normalized spacial score (nSPS) is 10.6. The van der Waals surface area contributed by atoms with Crippen molar-refractivity contribution in [3.63, 3.8) is 0 Å². The van der Waals surface area contributed by atoms with Crippen LogP contribution in [-0.4, -0.2) is 30.9 Å². The van der Waals surface area contributed by atoms with E-state index in [-0.39, 0.29) is 5.91 Å². The van der Waals surface area contributed by atoms with Crippen molar-refractivity contribution in [3.05, 3.63) is 16.0 Å². The number of anilines is 1. The summed E-state index contributed by atoms with van der Waals surface area (Å²) in [5.41, 5.74) is 1.56. The molecule has 0 saturated heterocycles. The molecule has 0 saturated carbocycles. The van der Waals surface area contributed by atoms with E-state index in [1.807, 2.05) is 20.9 Å². The number of unbranched alkanes of at least 4 members (excludes halogenated alkanes) is 1. The van der Waals surface area contributed by atoms with Gasteiger partial charge in [-0.3, -0.25) is 4.79 Å². The van der Waals surface area contributed by atoms with Crippen molar-refractivity contribution in [2.24, 2.45) is 0 Å². The first-order chi connectivity index (χ1) is 9.49. The third kappa shape index (κ3) is 4.62. The fraction of sp³-hybridized carbons (Fsp3) is 0.600. The largest absolute Gasteiger partial charge is 0.317 e. The summed E-state index contributed by atoms with van der Waals surface area (Å²) in [6, 6.07) is 2.17. The lowest BCUT2D eigenvalue weighted by Crippen LogP contribution is -2.25. The first kappa shape index (κ1) is 16.7. The standard InChI is InChI=1S/C15H23N3OS/c1-5-6-8-18(4)9-7-14(19)17-15-13(10-16)11(2)12(3)20-15/h5-9H2,1-4H3,(H,17,19). The van der Waals surface area contributed by atoms with Crippen LogP contribution in [0.1, 0.15) is 42.2 Å². The van der Waals surface area contributed by atoms with Gasteiger partial charge in [-0.25, -0.2) is 0 Å². The highest BCUT2D eigenvalue weighted by atomic mass is 32.1. The Hall–Kier alpha value is -1.38. The molecule has 1 aromatic rings. The molecule has 0 fully saturated rings. The van der Waals surface area contributed by atoms with E-state index in [9.17, 15) is 4.79 Å². The number of carbonyl (C=O) groups is 1. The molecule has 0 aliphatic rings. The molecule has 5 heteroatoms. The third-order valence-corrected chi connectivity index (χ3v) is 4.49. The van der Waals surface area contributed by atoms with Gasteiger partial charge >= 0.3 is 0 Å². The lowest BCUT2D eigenvalue weighted by molar-refractivity contribution is -0.116. The molecular weight excluding hydrogens is 270 g/mol. The molecule has 20 heavy (non-hydrogen) atoms. The minimum absolute atomic E-state index is 0.0221. The van der Waals surface area contributed by atoms with Crippen LogP contribution in [0.25, 0.3) is 0 Å². The Morgan fingerprint density at radius 2 is 2.10 bits per heavy atom. The van der Waals surface area contributed by atoms with Gasteiger partial charge in [-0.2, -0.15) is 5.26 Å². The van der Waals surface area contributed by atoms with Crippen LogP contribution in [0.2, 0.25) is 0 Å². The Morgan fingerprint density at radius 1 is 1.40 bits per heavy atom. The first-order valence-corrected chi connectivity index (χ1v) is 7.79. The average molecular weight is 293 g/mol. The molecule has 110 valence electrons. The number of thiophene rings is 1. The van der Waals surface area contributed by atoms with Crippen LogP contribution in [0.15, 0.2) is 0 Å². The number of amides is 1. The van der Waals surface area contributed by atoms with Crippen molar-refractivity contribution in [1.29, 1.82) is 5.26 Å². The van der Waals surface area contributed by atoms with Gasteiger partial charge in [0.25, 0.3) is 0 Å². The minimum Gasteiger partial charge on any atom is -0.317 e. The Labute approximate surface area is 125 Å². The van der Waals surface area contributed by atoms with E-state index in [1.165, 1.54) is 11.3 Å². The molecule has 0 aliphatic carbocycles. The van der Waals surface area contributed by atoms with Crippen LogP contribution in [-0.2, 0) is 4.79 Å². The second-order valence-corrected chi connectivity index (χ2v) is 6.28. The van der Waals surface area contributed by atoms with E-state index < -0.39 is 0 Å². The second kappa shape index (κ2) is 8.03. The van der Waals surface area contributed by atoms with Crippen molar-refractivity contribution in [1.82, 2.24) is 4.90 Å². The molecule has 0 spiro atoms. The summed E-state index contributed by atoms with van der Waals surface area (Å²) in [5.74, 6) is -0.0221. The van der Waals surface area contributed by atoms with Crippen LogP contribution in [0.4, 0.5) is 5.00 Å². The summed E-state index contributed by atoms with van der Waals surface area (Å²) in [4.78, 5) is 15.2. The molecule has 0 bridgehead atoms. The van der Waals surface area contributed by atoms with Gasteiger partial charge in [-0.15, -0.1) is 11.3 Å². The highest BCUT2D eigenvalue weighted by Crippen LogP contribution is 2.31. The molecule has 1 N–H and O–H groups in total. The number of hydrogen-bond acceptors (Lipinski definition) is 4. The number of carbonyl (C=O) groups excluding carboxylic acids is 1. The van der Waals surface area contributed by atoms with E-state index in [1.54, 1.807) is 0 Å². The van der Waals surface area contributed by atoms with Gasteiger partial charge in [0.1, 0.15) is 11.1 Å². The Balaban J connectivity index is 2.51. The average Bonchev–Trinajstić information content (AvgIpc) is 2.68. The van der Waals surface area contributed by atoms with Crippen molar-refractivity contribution in [2.45, 2.75) is 40.0 Å². The highest BCUT2D eigenvalue weighted by molar-refractivity contribution is 7.16. The maximum atomic E-state index is 11.9. The minimum atomic E-state index is -0.0221. The number of hydrogen-bond donors (Lipinski definition) is 1. The zero-order valence-corrected chi connectivity index (χ0v) is 13.6. The van der Waals surface area contributed by atoms with Gasteiger partial charge in [-0.05, 0) is 39.4 Å². The molecule has 0 unspecified atom stereocenters. The van der Waals surface area contributed by atoms with Gasteiger partial charge < -0.3 is 10.2 Å². The molecule has 0 atom stereocenters. The van der Waals surface area contributed by atoms with Crippen molar-refractivity contribution in [3.8, 4) is 6.07 Å².